The smallest absolute Gasteiger partial charge is 0.249 e. The van der Waals surface area contributed by atoms with Crippen molar-refractivity contribution in [2.75, 3.05) is 9.80 Å². The summed E-state index contributed by atoms with van der Waals surface area (Å²) in [6.07, 6.45) is 0. The van der Waals surface area contributed by atoms with E-state index in [9.17, 15) is 0 Å². The minimum absolute atomic E-state index is 0.0309. The standard InChI is InChI=1S/C72H50B2N2O2S2/c1-71(2)53-25-13-11-23-49(53)51-33-31-43(35-55(51)71)75-61-29-17-15-27-57(61)73-59-41-60-66(42-65(59)79-67-39-47(37-63(75)69(67)73)77-45-19-7-5-8-20-45)80-68-40-48(78-46-21-9-6-10-22-46)38-64-70(68)74(60)58-28-16-18-30-62(58)76(64)44-32-34-52-50-24-12-14-26-54(50)72(3,4)56(52)36-44/h5-42H,1-4H3. The number of hydrogen-bond donors (Lipinski definition) is 0. The number of anilines is 6. The molecule has 2 aliphatic carbocycles. The van der Waals surface area contributed by atoms with Crippen LogP contribution in [0.4, 0.5) is 34.1 Å². The number of rotatable bonds is 6. The summed E-state index contributed by atoms with van der Waals surface area (Å²) in [5.41, 5.74) is 25.3. The van der Waals surface area contributed by atoms with Gasteiger partial charge < -0.3 is 19.3 Å². The third-order valence-corrected chi connectivity index (χ3v) is 20.3. The molecule has 11 aromatic rings. The van der Waals surface area contributed by atoms with Gasteiger partial charge in [-0.1, -0.05) is 202 Å². The van der Waals surface area contributed by atoms with Crippen molar-refractivity contribution in [1.29, 1.82) is 0 Å². The molecule has 8 heteroatoms. The lowest BCUT2D eigenvalue weighted by Gasteiger charge is -2.42. The molecule has 0 bridgehead atoms. The monoisotopic (exact) mass is 1060 g/mol. The highest BCUT2D eigenvalue weighted by Gasteiger charge is 2.47. The highest BCUT2D eigenvalue weighted by Crippen LogP contribution is 2.54. The van der Waals surface area contributed by atoms with Crippen molar-refractivity contribution in [3.63, 3.8) is 0 Å². The summed E-state index contributed by atoms with van der Waals surface area (Å²) >= 11 is 3.76. The van der Waals surface area contributed by atoms with Crippen LogP contribution in [0.25, 0.3) is 22.3 Å². The third kappa shape index (κ3) is 6.64. The first-order valence-corrected chi connectivity index (χ1v) is 29.4. The molecule has 4 aliphatic heterocycles. The molecule has 80 heavy (non-hydrogen) atoms. The molecule has 0 unspecified atom stereocenters. The van der Waals surface area contributed by atoms with Crippen LogP contribution in [-0.4, -0.2) is 13.4 Å². The van der Waals surface area contributed by atoms with E-state index in [2.05, 4.69) is 207 Å². The van der Waals surface area contributed by atoms with Gasteiger partial charge in [0.05, 0.1) is 0 Å². The molecule has 17 rings (SSSR count). The van der Waals surface area contributed by atoms with Gasteiger partial charge in [-0.3, -0.25) is 0 Å². The molecule has 0 spiro atoms. The second kappa shape index (κ2) is 17.0. The van der Waals surface area contributed by atoms with E-state index < -0.39 is 0 Å². The summed E-state index contributed by atoms with van der Waals surface area (Å²) in [4.78, 5) is 9.99. The van der Waals surface area contributed by atoms with Crippen molar-refractivity contribution in [3.05, 3.63) is 253 Å². The highest BCUT2D eigenvalue weighted by atomic mass is 32.2. The Morgan fingerprint density at radius 1 is 0.312 bits per heavy atom. The highest BCUT2D eigenvalue weighted by molar-refractivity contribution is 8.01. The molecule has 4 heterocycles. The number of hydrogen-bond acceptors (Lipinski definition) is 6. The van der Waals surface area contributed by atoms with E-state index >= 15 is 0 Å². The van der Waals surface area contributed by atoms with E-state index in [0.717, 1.165) is 45.7 Å². The second-order valence-electron chi connectivity index (χ2n) is 23.1. The van der Waals surface area contributed by atoms with Gasteiger partial charge in [0.25, 0.3) is 0 Å². The van der Waals surface area contributed by atoms with Crippen molar-refractivity contribution in [3.8, 4) is 45.3 Å². The molecule has 0 radical (unpaired) electrons. The summed E-state index contributed by atoms with van der Waals surface area (Å²) < 4.78 is 13.7. The molecule has 378 valence electrons. The summed E-state index contributed by atoms with van der Waals surface area (Å²) in [6, 6.07) is 85.1. The topological polar surface area (TPSA) is 24.9 Å². The van der Waals surface area contributed by atoms with Crippen LogP contribution in [0, 0.1) is 0 Å². The Morgan fingerprint density at radius 2 is 0.713 bits per heavy atom. The van der Waals surface area contributed by atoms with E-state index in [1.165, 1.54) is 108 Å². The zero-order valence-corrected chi connectivity index (χ0v) is 46.3. The first kappa shape index (κ1) is 46.4. The normalized spacial score (nSPS) is 15.2. The minimum Gasteiger partial charge on any atom is -0.457 e. The zero-order chi connectivity index (χ0) is 53.2. The lowest BCUT2D eigenvalue weighted by molar-refractivity contribution is 0.481. The van der Waals surface area contributed by atoms with Gasteiger partial charge in [0.15, 0.2) is 0 Å². The molecule has 4 nitrogen and oxygen atoms in total. The van der Waals surface area contributed by atoms with Crippen LogP contribution in [-0.2, 0) is 10.8 Å². The number of fused-ring (bicyclic) bond motifs is 14. The quantitative estimate of drug-likeness (QED) is 0.154. The van der Waals surface area contributed by atoms with E-state index in [-0.39, 0.29) is 24.3 Å². The minimum atomic E-state index is -0.155. The molecule has 11 aromatic carbocycles. The van der Waals surface area contributed by atoms with Gasteiger partial charge in [0.1, 0.15) is 23.0 Å². The van der Waals surface area contributed by atoms with Gasteiger partial charge in [-0.05, 0) is 145 Å². The molecular weight excluding hydrogens is 1010 g/mol. The lowest BCUT2D eigenvalue weighted by Crippen LogP contribution is -2.63. The van der Waals surface area contributed by atoms with Crippen LogP contribution in [0.15, 0.2) is 250 Å². The first-order chi connectivity index (χ1) is 39.2. The van der Waals surface area contributed by atoms with Gasteiger partial charge in [-0.25, -0.2) is 0 Å². The molecule has 0 saturated heterocycles. The van der Waals surface area contributed by atoms with Crippen LogP contribution in [0.3, 0.4) is 0 Å². The maximum absolute atomic E-state index is 6.85. The average molecular weight is 1060 g/mol. The van der Waals surface area contributed by atoms with Gasteiger partial charge in [0.2, 0.25) is 13.4 Å². The molecule has 6 aliphatic rings. The summed E-state index contributed by atoms with van der Waals surface area (Å²) in [7, 11) is 0. The molecule has 0 aromatic heterocycles. The van der Waals surface area contributed by atoms with Crippen molar-refractivity contribution in [2.24, 2.45) is 0 Å². The summed E-state index contributed by atoms with van der Waals surface area (Å²) in [6.45, 7) is 9.43. The fraction of sp³-hybridized carbons (Fsp3) is 0.0833. The Kier molecular flexibility index (Phi) is 9.84. The molecule has 0 atom stereocenters. The Hall–Kier alpha value is -8.55. The van der Waals surface area contributed by atoms with Crippen LogP contribution >= 0.6 is 23.5 Å². The Balaban J connectivity index is 0.855. The van der Waals surface area contributed by atoms with Gasteiger partial charge >= 0.3 is 0 Å². The van der Waals surface area contributed by atoms with Crippen molar-refractivity contribution < 1.29 is 9.47 Å². The first-order valence-electron chi connectivity index (χ1n) is 27.8. The summed E-state index contributed by atoms with van der Waals surface area (Å²) in [5.74, 6) is 3.26. The predicted octanol–water partition coefficient (Wildman–Crippen LogP) is 15.4. The van der Waals surface area contributed by atoms with Crippen molar-refractivity contribution in [2.45, 2.75) is 58.1 Å². The average Bonchev–Trinajstić information content (AvgIpc) is 3.96. The fourth-order valence-electron chi connectivity index (χ4n) is 14.4. The second-order valence-corrected chi connectivity index (χ2v) is 25.3. The van der Waals surface area contributed by atoms with Crippen LogP contribution in [0.5, 0.6) is 23.0 Å². The van der Waals surface area contributed by atoms with Gasteiger partial charge in [-0.2, -0.15) is 0 Å². The SMILES string of the molecule is CC1(C)c2ccccc2-c2ccc(N3c4ccccc4B4c5cc6c(cc5Sc5cc(Oc7ccccc7)cc3c54)Sc3cc(Oc4ccccc4)cc4c3B6c3ccccc3N4c3ccc4c(c3)C(C)(C)c3ccccc3-4)cc21. The Morgan fingerprint density at radius 3 is 1.18 bits per heavy atom. The number of nitrogens with zero attached hydrogens (tertiary/aromatic N) is 2. The van der Waals surface area contributed by atoms with Crippen LogP contribution in [0.1, 0.15) is 49.9 Å². The Labute approximate surface area is 476 Å². The van der Waals surface area contributed by atoms with Crippen LogP contribution < -0.4 is 52.1 Å². The third-order valence-electron chi connectivity index (χ3n) is 18.0. The number of ether oxygens (including phenoxy) is 2. The fourth-order valence-corrected chi connectivity index (χ4v) is 16.9. The molecular formula is C72H50B2N2O2S2. The number of para-hydroxylation sites is 4. The summed E-state index contributed by atoms with van der Waals surface area (Å²) in [5, 5.41) is 0. The van der Waals surface area contributed by atoms with Crippen LogP contribution in [0.2, 0.25) is 0 Å². The van der Waals surface area contributed by atoms with Gasteiger partial charge in [-0.15, -0.1) is 0 Å². The largest absolute Gasteiger partial charge is 0.457 e. The zero-order valence-electron chi connectivity index (χ0n) is 44.6. The van der Waals surface area contributed by atoms with Crippen molar-refractivity contribution in [1.82, 2.24) is 0 Å². The molecule has 0 N–H and O–H groups in total. The van der Waals surface area contributed by atoms with Crippen molar-refractivity contribution >= 4 is 104 Å². The molecule has 0 saturated carbocycles. The molecule has 0 amide bonds. The number of benzene rings is 11. The van der Waals surface area contributed by atoms with E-state index in [1.807, 2.05) is 84.2 Å². The maximum atomic E-state index is 6.85. The van der Waals surface area contributed by atoms with E-state index in [1.54, 1.807) is 0 Å². The Bertz CT molecular complexity index is 4200. The maximum Gasteiger partial charge on any atom is 0.249 e. The molecule has 0 fully saturated rings. The van der Waals surface area contributed by atoms with E-state index in [4.69, 9.17) is 9.47 Å². The van der Waals surface area contributed by atoms with Gasteiger partial charge in [0, 0.05) is 76.7 Å². The lowest BCUT2D eigenvalue weighted by atomic mass is 9.32. The van der Waals surface area contributed by atoms with E-state index in [0.29, 0.717) is 0 Å². The predicted molar refractivity (Wildman–Crippen MR) is 334 cm³/mol.